The van der Waals surface area contributed by atoms with Crippen LogP contribution in [0.3, 0.4) is 0 Å². The van der Waals surface area contributed by atoms with E-state index < -0.39 is 0 Å². The first-order valence-corrected chi connectivity index (χ1v) is 8.27. The minimum atomic E-state index is 0.681. The Kier molecular flexibility index (Phi) is 3.52. The number of nitrogens with one attached hydrogen (secondary N) is 1. The molecule has 0 bridgehead atoms. The van der Waals surface area contributed by atoms with Crippen molar-refractivity contribution in [2.75, 3.05) is 24.5 Å². The molecule has 2 aromatic heterocycles. The summed E-state index contributed by atoms with van der Waals surface area (Å²) in [5.41, 5.74) is 2.19. The molecule has 1 aliphatic heterocycles. The molecule has 6 nitrogen and oxygen atoms in total. The Morgan fingerprint density at radius 3 is 2.76 bits per heavy atom. The molecule has 0 radical (unpaired) electrons. The molecule has 2 aliphatic rings. The zero-order chi connectivity index (χ0) is 14.1. The van der Waals surface area contributed by atoms with Gasteiger partial charge >= 0.3 is 0 Å². The topological polar surface area (TPSA) is 66.8 Å². The normalized spacial score (nSPS) is 18.8. The van der Waals surface area contributed by atoms with Gasteiger partial charge in [-0.05, 0) is 36.5 Å². The highest BCUT2D eigenvalue weighted by molar-refractivity contribution is 7.03. The summed E-state index contributed by atoms with van der Waals surface area (Å²) in [5, 5.41) is 18.1. The number of nitrogens with zero attached hydrogens (tertiary/aromatic N) is 5. The molecule has 2 fully saturated rings. The van der Waals surface area contributed by atoms with Gasteiger partial charge in [0.15, 0.2) is 5.82 Å². The zero-order valence-electron chi connectivity index (χ0n) is 11.8. The van der Waals surface area contributed by atoms with E-state index in [1.54, 1.807) is 0 Å². The molecular weight excluding hydrogens is 284 g/mol. The monoisotopic (exact) mass is 302 g/mol. The Morgan fingerprint density at radius 1 is 1.19 bits per heavy atom. The Labute approximate surface area is 127 Å². The maximum Gasteiger partial charge on any atom is 0.151 e. The van der Waals surface area contributed by atoms with E-state index in [4.69, 9.17) is 0 Å². The molecule has 0 unspecified atom stereocenters. The fraction of sp³-hybridized carbons (Fsp3) is 0.571. The zero-order valence-corrected chi connectivity index (χ0v) is 12.6. The molecule has 0 atom stereocenters. The molecular formula is C14H18N6S. The van der Waals surface area contributed by atoms with E-state index in [1.807, 2.05) is 5.38 Å². The lowest BCUT2D eigenvalue weighted by atomic mass is 10.0. The summed E-state index contributed by atoms with van der Waals surface area (Å²) in [5.74, 6) is 2.38. The highest BCUT2D eigenvalue weighted by Gasteiger charge is 2.29. The molecule has 4 rings (SSSR count). The van der Waals surface area contributed by atoms with Crippen LogP contribution >= 0.6 is 11.5 Å². The Balaban J connectivity index is 1.21. The van der Waals surface area contributed by atoms with Gasteiger partial charge in [0.25, 0.3) is 0 Å². The second kappa shape index (κ2) is 5.65. The van der Waals surface area contributed by atoms with Gasteiger partial charge in [-0.2, -0.15) is 5.10 Å². The van der Waals surface area contributed by atoms with Crippen molar-refractivity contribution in [2.45, 2.75) is 25.3 Å². The van der Waals surface area contributed by atoms with Crippen molar-refractivity contribution in [1.82, 2.24) is 25.1 Å². The van der Waals surface area contributed by atoms with Crippen LogP contribution in [0.2, 0.25) is 0 Å². The van der Waals surface area contributed by atoms with Crippen LogP contribution < -0.4 is 10.2 Å². The van der Waals surface area contributed by atoms with Crippen molar-refractivity contribution < 1.29 is 0 Å². The molecule has 1 N–H and O–H groups in total. The van der Waals surface area contributed by atoms with E-state index in [2.05, 4.69) is 42.1 Å². The number of hydrogen-bond acceptors (Lipinski definition) is 7. The maximum absolute atomic E-state index is 4.36. The highest BCUT2D eigenvalue weighted by atomic mass is 32.1. The summed E-state index contributed by atoms with van der Waals surface area (Å²) >= 11 is 1.40. The van der Waals surface area contributed by atoms with Crippen LogP contribution in [0.25, 0.3) is 0 Å². The molecule has 3 heterocycles. The Bertz CT molecular complexity index is 574. The summed E-state index contributed by atoms with van der Waals surface area (Å²) in [7, 11) is 0. The first-order valence-electron chi connectivity index (χ1n) is 7.44. The van der Waals surface area contributed by atoms with Crippen LogP contribution in [0.15, 0.2) is 17.5 Å². The molecule has 21 heavy (non-hydrogen) atoms. The van der Waals surface area contributed by atoms with Crippen molar-refractivity contribution in [3.05, 3.63) is 28.9 Å². The van der Waals surface area contributed by atoms with Gasteiger partial charge in [-0.1, -0.05) is 4.49 Å². The number of hydrogen-bond donors (Lipinski definition) is 1. The quantitative estimate of drug-likeness (QED) is 0.871. The van der Waals surface area contributed by atoms with E-state index in [-0.39, 0.29) is 0 Å². The molecule has 110 valence electrons. The molecule has 0 aromatic carbocycles. The lowest BCUT2D eigenvalue weighted by molar-refractivity contribution is 0.380. The predicted octanol–water partition coefficient (Wildman–Crippen LogP) is 1.43. The van der Waals surface area contributed by atoms with E-state index in [0.717, 1.165) is 43.4 Å². The fourth-order valence-electron chi connectivity index (χ4n) is 2.65. The van der Waals surface area contributed by atoms with Crippen molar-refractivity contribution in [3.8, 4) is 0 Å². The first kappa shape index (κ1) is 13.1. The number of anilines is 1. The molecule has 2 aromatic rings. The summed E-state index contributed by atoms with van der Waals surface area (Å²) in [6, 6.07) is 4.26. The molecule has 0 amide bonds. The Hall–Kier alpha value is -1.60. The van der Waals surface area contributed by atoms with Crippen LogP contribution in [0, 0.1) is 5.92 Å². The summed E-state index contributed by atoms with van der Waals surface area (Å²) in [6.45, 7) is 3.93. The van der Waals surface area contributed by atoms with Gasteiger partial charge < -0.3 is 10.2 Å². The number of rotatable bonds is 6. The average Bonchev–Trinajstić information content (AvgIpc) is 3.19. The standard InChI is InChI=1S/C14H18N6S/c1-2-11(1)13-3-4-14(18-17-13)20-7-10(8-20)5-15-6-12-9-21-19-16-12/h3-4,9-11,15H,1-2,5-8H2. The van der Waals surface area contributed by atoms with Crippen molar-refractivity contribution in [2.24, 2.45) is 5.92 Å². The van der Waals surface area contributed by atoms with Crippen LogP contribution in [0.4, 0.5) is 5.82 Å². The molecule has 7 heteroatoms. The van der Waals surface area contributed by atoms with Crippen LogP contribution in [-0.4, -0.2) is 39.4 Å². The van der Waals surface area contributed by atoms with E-state index >= 15 is 0 Å². The molecule has 1 aliphatic carbocycles. The lowest BCUT2D eigenvalue weighted by Gasteiger charge is -2.40. The first-order chi connectivity index (χ1) is 10.4. The van der Waals surface area contributed by atoms with Crippen LogP contribution in [0.1, 0.15) is 30.1 Å². The smallest absolute Gasteiger partial charge is 0.151 e. The van der Waals surface area contributed by atoms with E-state index in [0.29, 0.717) is 11.8 Å². The van der Waals surface area contributed by atoms with Crippen LogP contribution in [0.5, 0.6) is 0 Å². The van der Waals surface area contributed by atoms with Gasteiger partial charge in [0.1, 0.15) is 0 Å². The Morgan fingerprint density at radius 2 is 2.10 bits per heavy atom. The van der Waals surface area contributed by atoms with Gasteiger partial charge in [0, 0.05) is 43.4 Å². The van der Waals surface area contributed by atoms with E-state index in [9.17, 15) is 0 Å². The molecule has 0 spiro atoms. The lowest BCUT2D eigenvalue weighted by Crippen LogP contribution is -2.51. The minimum Gasteiger partial charge on any atom is -0.354 e. The van der Waals surface area contributed by atoms with E-state index in [1.165, 1.54) is 24.4 Å². The second-order valence-corrected chi connectivity index (χ2v) is 6.50. The van der Waals surface area contributed by atoms with Gasteiger partial charge in [-0.25, -0.2) is 0 Å². The van der Waals surface area contributed by atoms with Gasteiger partial charge in [0.05, 0.1) is 11.4 Å². The number of aromatic nitrogens is 4. The van der Waals surface area contributed by atoms with Crippen molar-refractivity contribution in [1.29, 1.82) is 0 Å². The SMILES string of the molecule is c1snnc1CNCC1CN(c2ccc(C3CC3)nn2)C1. The van der Waals surface area contributed by atoms with Crippen LogP contribution in [-0.2, 0) is 6.54 Å². The van der Waals surface area contributed by atoms with Gasteiger partial charge in [-0.15, -0.1) is 10.2 Å². The molecule has 1 saturated heterocycles. The third-order valence-corrected chi connectivity index (χ3v) is 4.65. The third-order valence-electron chi connectivity index (χ3n) is 4.09. The second-order valence-electron chi connectivity index (χ2n) is 5.89. The van der Waals surface area contributed by atoms with Gasteiger partial charge in [0.2, 0.25) is 0 Å². The third kappa shape index (κ3) is 3.03. The fourth-order valence-corrected chi connectivity index (χ4v) is 3.10. The largest absolute Gasteiger partial charge is 0.354 e. The summed E-state index contributed by atoms with van der Waals surface area (Å²) < 4.78 is 3.86. The highest BCUT2D eigenvalue weighted by Crippen LogP contribution is 2.38. The maximum atomic E-state index is 4.36. The van der Waals surface area contributed by atoms with Crippen molar-refractivity contribution >= 4 is 17.4 Å². The van der Waals surface area contributed by atoms with Crippen molar-refractivity contribution in [3.63, 3.8) is 0 Å². The summed E-state index contributed by atoms with van der Waals surface area (Å²) in [6.07, 6.45) is 2.56. The average molecular weight is 302 g/mol. The molecule has 1 saturated carbocycles. The summed E-state index contributed by atoms with van der Waals surface area (Å²) in [4.78, 5) is 2.29. The minimum absolute atomic E-state index is 0.681. The van der Waals surface area contributed by atoms with Gasteiger partial charge in [-0.3, -0.25) is 0 Å². The predicted molar refractivity (Wildman–Crippen MR) is 81.3 cm³/mol.